The average molecular weight is 175 g/mol. The number of benzene rings is 1. The van der Waals surface area contributed by atoms with Crippen LogP contribution in [-0.4, -0.2) is 5.78 Å². The van der Waals surface area contributed by atoms with Crippen molar-refractivity contribution in [3.8, 4) is 0 Å². The SMILES string of the molecule is C=C1Nc2ccccc2C1=O.CC. The summed E-state index contributed by atoms with van der Waals surface area (Å²) in [6.45, 7) is 7.59. The molecule has 13 heavy (non-hydrogen) atoms. The zero-order valence-electron chi connectivity index (χ0n) is 7.92. The van der Waals surface area contributed by atoms with Gasteiger partial charge in [0, 0.05) is 11.3 Å². The van der Waals surface area contributed by atoms with Crippen molar-refractivity contribution in [1.82, 2.24) is 0 Å². The highest BCUT2D eigenvalue weighted by atomic mass is 16.1. The van der Waals surface area contributed by atoms with E-state index in [1.165, 1.54) is 0 Å². The predicted molar refractivity (Wildman–Crippen MR) is 54.9 cm³/mol. The number of nitrogens with one attached hydrogen (secondary N) is 1. The fraction of sp³-hybridized carbons (Fsp3) is 0.182. The number of Topliss-reactive ketones (excluding diaryl/α,β-unsaturated/α-hetero) is 1. The Morgan fingerprint density at radius 1 is 1.23 bits per heavy atom. The van der Waals surface area contributed by atoms with Gasteiger partial charge in [0.15, 0.2) is 0 Å². The van der Waals surface area contributed by atoms with Gasteiger partial charge in [-0.1, -0.05) is 32.6 Å². The number of para-hydroxylation sites is 1. The van der Waals surface area contributed by atoms with E-state index in [1.54, 1.807) is 6.07 Å². The molecule has 0 atom stereocenters. The van der Waals surface area contributed by atoms with Crippen LogP contribution in [0.5, 0.6) is 0 Å². The zero-order chi connectivity index (χ0) is 9.84. The summed E-state index contributed by atoms with van der Waals surface area (Å²) in [5, 5.41) is 2.90. The lowest BCUT2D eigenvalue weighted by atomic mass is 10.1. The summed E-state index contributed by atoms with van der Waals surface area (Å²) in [5.74, 6) is 0.000556. The van der Waals surface area contributed by atoms with Crippen molar-refractivity contribution in [2.75, 3.05) is 5.32 Å². The number of ketones is 1. The van der Waals surface area contributed by atoms with Crippen LogP contribution in [0.1, 0.15) is 24.2 Å². The van der Waals surface area contributed by atoms with E-state index >= 15 is 0 Å². The number of carbonyl (C=O) groups is 1. The molecule has 0 aliphatic carbocycles. The van der Waals surface area contributed by atoms with Crippen LogP contribution >= 0.6 is 0 Å². The quantitative estimate of drug-likeness (QED) is 0.614. The van der Waals surface area contributed by atoms with E-state index in [-0.39, 0.29) is 5.78 Å². The molecule has 1 aromatic carbocycles. The molecule has 0 bridgehead atoms. The minimum absolute atomic E-state index is 0.000556. The maximum absolute atomic E-state index is 11.2. The van der Waals surface area contributed by atoms with Gasteiger partial charge in [0.25, 0.3) is 0 Å². The molecule has 1 aliphatic rings. The molecule has 1 aliphatic heterocycles. The lowest BCUT2D eigenvalue weighted by Gasteiger charge is -1.93. The van der Waals surface area contributed by atoms with Crippen molar-refractivity contribution < 1.29 is 4.79 Å². The van der Waals surface area contributed by atoms with Crippen molar-refractivity contribution in [2.45, 2.75) is 13.8 Å². The summed E-state index contributed by atoms with van der Waals surface area (Å²) >= 11 is 0. The van der Waals surface area contributed by atoms with Crippen LogP contribution in [0, 0.1) is 0 Å². The molecule has 2 heteroatoms. The lowest BCUT2D eigenvalue weighted by molar-refractivity contribution is 0.104. The largest absolute Gasteiger partial charge is 0.352 e. The highest BCUT2D eigenvalue weighted by Crippen LogP contribution is 2.25. The number of carbonyl (C=O) groups excluding carboxylic acids is 1. The van der Waals surface area contributed by atoms with E-state index in [2.05, 4.69) is 11.9 Å². The number of fused-ring (bicyclic) bond motifs is 1. The Labute approximate surface area is 78.3 Å². The first-order valence-electron chi connectivity index (χ1n) is 4.39. The standard InChI is InChI=1S/C9H7NO.C2H6/c1-6-9(11)7-4-2-3-5-8(7)10-6;1-2/h2-5,10H,1H2;1-2H3. The molecule has 68 valence electrons. The second kappa shape index (κ2) is 3.90. The second-order valence-corrected chi connectivity index (χ2v) is 2.48. The second-order valence-electron chi connectivity index (χ2n) is 2.48. The van der Waals surface area contributed by atoms with Crippen LogP contribution in [0.25, 0.3) is 0 Å². The maximum Gasteiger partial charge on any atom is 0.210 e. The van der Waals surface area contributed by atoms with Crippen LogP contribution < -0.4 is 5.32 Å². The molecule has 0 radical (unpaired) electrons. The first kappa shape index (κ1) is 9.52. The minimum Gasteiger partial charge on any atom is -0.352 e. The van der Waals surface area contributed by atoms with E-state index in [1.807, 2.05) is 32.0 Å². The van der Waals surface area contributed by atoms with Crippen molar-refractivity contribution in [2.24, 2.45) is 0 Å². The summed E-state index contributed by atoms with van der Waals surface area (Å²) in [4.78, 5) is 11.2. The van der Waals surface area contributed by atoms with Crippen LogP contribution in [0.4, 0.5) is 5.69 Å². The highest BCUT2D eigenvalue weighted by molar-refractivity contribution is 6.17. The summed E-state index contributed by atoms with van der Waals surface area (Å²) in [6, 6.07) is 7.39. The Hall–Kier alpha value is -1.57. The van der Waals surface area contributed by atoms with Gasteiger partial charge < -0.3 is 5.32 Å². The van der Waals surface area contributed by atoms with Gasteiger partial charge in [0.1, 0.15) is 0 Å². The molecule has 2 rings (SSSR count). The molecule has 0 saturated carbocycles. The molecule has 1 heterocycles. The van der Waals surface area contributed by atoms with Crippen LogP contribution in [0.3, 0.4) is 0 Å². The number of anilines is 1. The van der Waals surface area contributed by atoms with Gasteiger partial charge in [0.05, 0.1) is 5.70 Å². The summed E-state index contributed by atoms with van der Waals surface area (Å²) in [5.41, 5.74) is 2.05. The van der Waals surface area contributed by atoms with Gasteiger partial charge in [-0.2, -0.15) is 0 Å². The first-order valence-corrected chi connectivity index (χ1v) is 4.39. The molecule has 0 amide bonds. The molecule has 0 unspecified atom stereocenters. The predicted octanol–water partition coefficient (Wildman–Crippen LogP) is 2.83. The Bertz CT molecular complexity index is 342. The minimum atomic E-state index is 0.000556. The van der Waals surface area contributed by atoms with Crippen molar-refractivity contribution in [1.29, 1.82) is 0 Å². The Morgan fingerprint density at radius 2 is 1.85 bits per heavy atom. The molecular formula is C11H13NO. The van der Waals surface area contributed by atoms with Gasteiger partial charge in [-0.25, -0.2) is 0 Å². The van der Waals surface area contributed by atoms with Crippen LogP contribution in [0.2, 0.25) is 0 Å². The summed E-state index contributed by atoms with van der Waals surface area (Å²) < 4.78 is 0. The van der Waals surface area contributed by atoms with E-state index in [0.717, 1.165) is 11.3 Å². The Balaban J connectivity index is 0.000000396. The number of hydrogen-bond acceptors (Lipinski definition) is 2. The van der Waals surface area contributed by atoms with Gasteiger partial charge in [0.2, 0.25) is 5.78 Å². The van der Waals surface area contributed by atoms with Crippen LogP contribution in [-0.2, 0) is 0 Å². The number of hydrogen-bond donors (Lipinski definition) is 1. The van der Waals surface area contributed by atoms with Crippen molar-refractivity contribution >= 4 is 11.5 Å². The van der Waals surface area contributed by atoms with Crippen molar-refractivity contribution in [3.05, 3.63) is 42.1 Å². The molecular weight excluding hydrogens is 162 g/mol. The first-order chi connectivity index (χ1) is 6.29. The fourth-order valence-electron chi connectivity index (χ4n) is 1.17. The molecule has 2 nitrogen and oxygen atoms in total. The number of allylic oxidation sites excluding steroid dienone is 1. The third kappa shape index (κ3) is 1.61. The molecule has 1 N–H and O–H groups in total. The highest BCUT2D eigenvalue weighted by Gasteiger charge is 2.21. The molecule has 1 aromatic rings. The molecule has 0 aromatic heterocycles. The number of rotatable bonds is 0. The summed E-state index contributed by atoms with van der Waals surface area (Å²) in [6.07, 6.45) is 0. The van der Waals surface area contributed by atoms with Gasteiger partial charge >= 0.3 is 0 Å². The lowest BCUT2D eigenvalue weighted by Crippen LogP contribution is -1.96. The van der Waals surface area contributed by atoms with E-state index in [0.29, 0.717) is 5.70 Å². The Morgan fingerprint density at radius 3 is 2.46 bits per heavy atom. The average Bonchev–Trinajstić information content (AvgIpc) is 2.47. The van der Waals surface area contributed by atoms with Gasteiger partial charge in [-0.15, -0.1) is 0 Å². The van der Waals surface area contributed by atoms with E-state index in [9.17, 15) is 4.79 Å². The third-order valence-electron chi connectivity index (χ3n) is 1.73. The van der Waals surface area contributed by atoms with E-state index in [4.69, 9.17) is 0 Å². The van der Waals surface area contributed by atoms with Crippen molar-refractivity contribution in [3.63, 3.8) is 0 Å². The zero-order valence-corrected chi connectivity index (χ0v) is 7.92. The third-order valence-corrected chi connectivity index (χ3v) is 1.73. The smallest absolute Gasteiger partial charge is 0.210 e. The molecule has 0 spiro atoms. The normalized spacial score (nSPS) is 12.8. The monoisotopic (exact) mass is 175 g/mol. The summed E-state index contributed by atoms with van der Waals surface area (Å²) in [7, 11) is 0. The van der Waals surface area contributed by atoms with E-state index < -0.39 is 0 Å². The van der Waals surface area contributed by atoms with Crippen LogP contribution in [0.15, 0.2) is 36.5 Å². The van der Waals surface area contributed by atoms with Gasteiger partial charge in [-0.3, -0.25) is 4.79 Å². The van der Waals surface area contributed by atoms with Gasteiger partial charge in [-0.05, 0) is 12.1 Å². The molecule has 0 saturated heterocycles. The molecule has 0 fully saturated rings. The maximum atomic E-state index is 11.2. The fourth-order valence-corrected chi connectivity index (χ4v) is 1.17. The Kier molecular flexibility index (Phi) is 2.85. The topological polar surface area (TPSA) is 29.1 Å².